The molecule has 0 saturated carbocycles. The fraction of sp³-hybridized carbons (Fsp3) is 0.357. The van der Waals surface area contributed by atoms with Crippen LogP contribution in [0.15, 0.2) is 60.8 Å². The second kappa shape index (κ2) is 12.8. The van der Waals surface area contributed by atoms with Crippen molar-refractivity contribution in [3.63, 3.8) is 0 Å². The number of allylic oxidation sites excluding steroid dienone is 4. The number of alkyl halides is 5. The largest absolute Gasteiger partial charge is 0.416 e. The third-order valence-electron chi connectivity index (χ3n) is 5.95. The highest BCUT2D eigenvalue weighted by Crippen LogP contribution is 2.40. The molecule has 0 aliphatic rings. The summed E-state index contributed by atoms with van der Waals surface area (Å²) in [6.45, 7) is 5.32. The molecule has 0 amide bonds. The standard InChI is InChI=1S/C28H32F5N4P/c1-4-7-19(20-14-21(27(29,30)31)16-22(15-20)28(32,33)38)10-9-18(2)24-17-25-23(8-5-12-35-25)26(37-24)36-13-6-11-34-3/h5,7-10,12,14-18,34H,4,6,11,13,38H2,1-3H3,(H,36,37)/b10-9-,19-7+. The van der Waals surface area contributed by atoms with Gasteiger partial charge in [0, 0.05) is 29.6 Å². The van der Waals surface area contributed by atoms with Gasteiger partial charge in [0.15, 0.2) is 0 Å². The summed E-state index contributed by atoms with van der Waals surface area (Å²) in [5.41, 5.74) is -3.35. The molecule has 2 aromatic heterocycles. The Kier molecular flexibility index (Phi) is 9.96. The van der Waals surface area contributed by atoms with E-state index >= 15 is 0 Å². The van der Waals surface area contributed by atoms with Crippen LogP contribution in [0.25, 0.3) is 16.5 Å². The molecular formula is C28H32F5N4P. The third-order valence-corrected chi connectivity index (χ3v) is 6.28. The summed E-state index contributed by atoms with van der Waals surface area (Å²) in [6, 6.07) is 8.16. The van der Waals surface area contributed by atoms with Crippen molar-refractivity contribution in [1.82, 2.24) is 15.3 Å². The molecule has 3 rings (SSSR count). The molecule has 0 spiro atoms. The van der Waals surface area contributed by atoms with Crippen LogP contribution in [0.3, 0.4) is 0 Å². The molecule has 2 atom stereocenters. The maximum atomic E-state index is 14.0. The normalized spacial score (nSPS) is 13.9. The van der Waals surface area contributed by atoms with E-state index in [2.05, 4.69) is 15.6 Å². The predicted octanol–water partition coefficient (Wildman–Crippen LogP) is 7.75. The van der Waals surface area contributed by atoms with E-state index in [1.807, 2.05) is 45.2 Å². The van der Waals surface area contributed by atoms with Crippen LogP contribution in [0.5, 0.6) is 0 Å². The Morgan fingerprint density at radius 3 is 2.47 bits per heavy atom. The van der Waals surface area contributed by atoms with Gasteiger partial charge in [0.1, 0.15) is 5.82 Å². The van der Waals surface area contributed by atoms with Crippen molar-refractivity contribution in [2.45, 2.75) is 44.4 Å². The number of nitrogens with one attached hydrogen (secondary N) is 2. The van der Waals surface area contributed by atoms with Crippen molar-refractivity contribution < 1.29 is 22.0 Å². The number of rotatable bonds is 11. The Bertz CT molecular complexity index is 1270. The Balaban J connectivity index is 1.97. The quantitative estimate of drug-likeness (QED) is 0.111. The molecule has 0 fully saturated rings. The number of halogens is 5. The van der Waals surface area contributed by atoms with Gasteiger partial charge in [-0.1, -0.05) is 41.3 Å². The Morgan fingerprint density at radius 2 is 1.82 bits per heavy atom. The zero-order valence-electron chi connectivity index (χ0n) is 21.5. The van der Waals surface area contributed by atoms with Crippen molar-refractivity contribution in [2.24, 2.45) is 0 Å². The van der Waals surface area contributed by atoms with Crippen LogP contribution in [-0.4, -0.2) is 30.1 Å². The molecule has 0 saturated heterocycles. The summed E-state index contributed by atoms with van der Waals surface area (Å²) < 4.78 is 68.6. The van der Waals surface area contributed by atoms with Crippen LogP contribution in [0.1, 0.15) is 55.0 Å². The summed E-state index contributed by atoms with van der Waals surface area (Å²) in [5.74, 6) is 0.476. The molecule has 1 aromatic carbocycles. The van der Waals surface area contributed by atoms with E-state index in [0.717, 1.165) is 41.7 Å². The lowest BCUT2D eigenvalue weighted by Gasteiger charge is -2.17. The maximum absolute atomic E-state index is 14.0. The molecule has 4 nitrogen and oxygen atoms in total. The van der Waals surface area contributed by atoms with Gasteiger partial charge in [0.2, 0.25) is 0 Å². The fourth-order valence-electron chi connectivity index (χ4n) is 3.93. The van der Waals surface area contributed by atoms with Crippen molar-refractivity contribution in [3.05, 3.63) is 83.2 Å². The highest BCUT2D eigenvalue weighted by molar-refractivity contribution is 7.17. The lowest BCUT2D eigenvalue weighted by atomic mass is 9.96. The van der Waals surface area contributed by atoms with Gasteiger partial charge in [-0.15, -0.1) is 0 Å². The second-order valence-electron chi connectivity index (χ2n) is 8.98. The first kappa shape index (κ1) is 29.7. The summed E-state index contributed by atoms with van der Waals surface area (Å²) in [5, 5.41) is 7.35. The lowest BCUT2D eigenvalue weighted by Crippen LogP contribution is -2.14. The van der Waals surface area contributed by atoms with Crippen molar-refractivity contribution in [2.75, 3.05) is 25.5 Å². The molecule has 0 bridgehead atoms. The summed E-state index contributed by atoms with van der Waals surface area (Å²) in [7, 11) is 3.19. The number of hydrogen-bond donors (Lipinski definition) is 2. The molecule has 3 aromatic rings. The number of fused-ring (bicyclic) bond motifs is 1. The first-order valence-electron chi connectivity index (χ1n) is 12.4. The van der Waals surface area contributed by atoms with Crippen molar-refractivity contribution in [3.8, 4) is 0 Å². The average Bonchev–Trinajstić information content (AvgIpc) is 2.87. The lowest BCUT2D eigenvalue weighted by molar-refractivity contribution is -0.137. The van der Waals surface area contributed by atoms with Gasteiger partial charge in [-0.25, -0.2) is 4.98 Å². The zero-order valence-corrected chi connectivity index (χ0v) is 22.7. The van der Waals surface area contributed by atoms with Gasteiger partial charge in [-0.2, -0.15) is 22.0 Å². The minimum absolute atomic E-state index is 0.0716. The number of aromatic nitrogens is 2. The van der Waals surface area contributed by atoms with Crippen LogP contribution >= 0.6 is 9.24 Å². The SMILES string of the molecule is CC/C=C(\C=C/C(C)c1cc2ncccc2c(NCCCNC)n1)c1cc(C(F)(F)F)cc(C(F)(F)P)c1. The first-order chi connectivity index (χ1) is 17.9. The molecule has 2 N–H and O–H groups in total. The van der Waals surface area contributed by atoms with Gasteiger partial charge in [0.25, 0.3) is 5.66 Å². The van der Waals surface area contributed by atoms with Crippen LogP contribution in [0.2, 0.25) is 0 Å². The number of pyridine rings is 2. The molecule has 2 unspecified atom stereocenters. The molecule has 38 heavy (non-hydrogen) atoms. The minimum atomic E-state index is -4.76. The fourth-order valence-corrected chi connectivity index (χ4v) is 4.10. The van der Waals surface area contributed by atoms with Crippen LogP contribution in [0, 0.1) is 0 Å². The molecule has 0 aliphatic carbocycles. The molecule has 2 heterocycles. The van der Waals surface area contributed by atoms with Crippen LogP contribution in [0.4, 0.5) is 27.8 Å². The van der Waals surface area contributed by atoms with Crippen molar-refractivity contribution in [1.29, 1.82) is 0 Å². The number of hydrogen-bond acceptors (Lipinski definition) is 4. The first-order valence-corrected chi connectivity index (χ1v) is 12.9. The highest BCUT2D eigenvalue weighted by Gasteiger charge is 2.34. The summed E-state index contributed by atoms with van der Waals surface area (Å²) >= 11 is 0. The van der Waals surface area contributed by atoms with Gasteiger partial charge in [-0.05, 0) is 74.0 Å². The van der Waals surface area contributed by atoms with E-state index in [1.54, 1.807) is 18.3 Å². The second-order valence-corrected chi connectivity index (χ2v) is 9.71. The number of nitrogens with zero attached hydrogens (tertiary/aromatic N) is 2. The van der Waals surface area contributed by atoms with E-state index in [0.29, 0.717) is 30.4 Å². The zero-order chi connectivity index (χ0) is 27.9. The predicted molar refractivity (Wildman–Crippen MR) is 147 cm³/mol. The van der Waals surface area contributed by atoms with E-state index in [-0.39, 0.29) is 11.5 Å². The Morgan fingerprint density at radius 1 is 1.08 bits per heavy atom. The van der Waals surface area contributed by atoms with Crippen LogP contribution in [-0.2, 0) is 11.8 Å². The highest BCUT2D eigenvalue weighted by atomic mass is 31.0. The summed E-state index contributed by atoms with van der Waals surface area (Å²) in [6.07, 6.45) is 3.54. The van der Waals surface area contributed by atoms with Crippen LogP contribution < -0.4 is 10.6 Å². The topological polar surface area (TPSA) is 49.8 Å². The van der Waals surface area contributed by atoms with E-state index in [1.165, 1.54) is 9.24 Å². The van der Waals surface area contributed by atoms with E-state index in [9.17, 15) is 22.0 Å². The average molecular weight is 551 g/mol. The van der Waals surface area contributed by atoms with Crippen molar-refractivity contribution >= 4 is 31.5 Å². The maximum Gasteiger partial charge on any atom is 0.416 e. The molecule has 204 valence electrons. The minimum Gasteiger partial charge on any atom is -0.369 e. The van der Waals surface area contributed by atoms with Gasteiger partial charge in [-0.3, -0.25) is 4.98 Å². The van der Waals surface area contributed by atoms with E-state index in [4.69, 9.17) is 4.98 Å². The summed E-state index contributed by atoms with van der Waals surface area (Å²) in [4.78, 5) is 9.25. The van der Waals surface area contributed by atoms with Gasteiger partial charge >= 0.3 is 6.18 Å². The smallest absolute Gasteiger partial charge is 0.369 e. The number of anilines is 1. The third kappa shape index (κ3) is 7.81. The molecule has 10 heteroatoms. The van der Waals surface area contributed by atoms with Gasteiger partial charge < -0.3 is 10.6 Å². The molecular weight excluding hydrogens is 518 g/mol. The van der Waals surface area contributed by atoms with Gasteiger partial charge in [0.05, 0.1) is 16.8 Å². The molecule has 0 radical (unpaired) electrons. The number of benzene rings is 1. The Labute approximate surface area is 222 Å². The molecule has 0 aliphatic heterocycles. The van der Waals surface area contributed by atoms with E-state index < -0.39 is 23.0 Å². The monoisotopic (exact) mass is 550 g/mol. The Hall–Kier alpha value is -2.90.